The van der Waals surface area contributed by atoms with Crippen molar-refractivity contribution in [2.45, 2.75) is 51.3 Å². The zero-order valence-electron chi connectivity index (χ0n) is 10.3. The van der Waals surface area contributed by atoms with Crippen LogP contribution in [-0.2, 0) is 19.3 Å². The van der Waals surface area contributed by atoms with Crippen LogP contribution in [0.3, 0.4) is 0 Å². The molecule has 0 amide bonds. The molecule has 0 aliphatic heterocycles. The fourth-order valence-electron chi connectivity index (χ4n) is 2.42. The van der Waals surface area contributed by atoms with Crippen LogP contribution >= 0.6 is 11.6 Å². The minimum atomic E-state index is 0.313. The van der Waals surface area contributed by atoms with Crippen molar-refractivity contribution in [2.24, 2.45) is 5.92 Å². The molecule has 0 spiro atoms. The molecule has 0 saturated heterocycles. The summed E-state index contributed by atoms with van der Waals surface area (Å²) in [6, 6.07) is 7.00. The van der Waals surface area contributed by atoms with Gasteiger partial charge >= 0.3 is 0 Å². The fraction of sp³-hybridized carbons (Fsp3) is 0.600. The molecular formula is C15H21Cl. The number of alkyl halides is 1. The van der Waals surface area contributed by atoms with Crippen LogP contribution < -0.4 is 0 Å². The molecule has 1 heteroatoms. The van der Waals surface area contributed by atoms with Gasteiger partial charge in [0.2, 0.25) is 0 Å². The average Bonchev–Trinajstić information content (AvgIpc) is 2.72. The predicted octanol–water partition coefficient (Wildman–Crippen LogP) is 4.37. The Morgan fingerprint density at radius 3 is 2.69 bits per heavy atom. The van der Waals surface area contributed by atoms with E-state index in [0.717, 1.165) is 12.8 Å². The first-order chi connectivity index (χ1) is 7.66. The highest BCUT2D eigenvalue weighted by Gasteiger charge is 2.12. The Kier molecular flexibility index (Phi) is 3.91. The molecule has 0 saturated carbocycles. The van der Waals surface area contributed by atoms with Crippen LogP contribution in [0.1, 0.15) is 43.4 Å². The number of halogens is 1. The molecule has 0 heterocycles. The van der Waals surface area contributed by atoms with Gasteiger partial charge in [0, 0.05) is 5.38 Å². The molecule has 0 aromatic heterocycles. The number of hydrogen-bond donors (Lipinski definition) is 0. The van der Waals surface area contributed by atoms with E-state index < -0.39 is 0 Å². The second kappa shape index (κ2) is 5.23. The number of hydrogen-bond acceptors (Lipinski definition) is 0. The zero-order chi connectivity index (χ0) is 11.5. The third kappa shape index (κ3) is 2.79. The monoisotopic (exact) mass is 236 g/mol. The van der Waals surface area contributed by atoms with Crippen molar-refractivity contribution in [1.82, 2.24) is 0 Å². The molecule has 2 rings (SSSR count). The van der Waals surface area contributed by atoms with E-state index in [2.05, 4.69) is 32.0 Å². The van der Waals surface area contributed by atoms with Gasteiger partial charge in [-0.05, 0) is 54.7 Å². The first kappa shape index (κ1) is 12.0. The lowest BCUT2D eigenvalue weighted by Gasteiger charge is -2.13. The van der Waals surface area contributed by atoms with E-state index in [9.17, 15) is 0 Å². The van der Waals surface area contributed by atoms with Crippen molar-refractivity contribution in [3.63, 3.8) is 0 Å². The molecule has 1 unspecified atom stereocenters. The number of fused-ring (bicyclic) bond motifs is 1. The summed E-state index contributed by atoms with van der Waals surface area (Å²) in [6.45, 7) is 4.39. The van der Waals surface area contributed by atoms with Gasteiger partial charge in [-0.1, -0.05) is 32.0 Å². The van der Waals surface area contributed by atoms with Gasteiger partial charge in [0.25, 0.3) is 0 Å². The maximum Gasteiger partial charge on any atom is 0.0362 e. The molecule has 1 aliphatic rings. The average molecular weight is 237 g/mol. The molecule has 0 fully saturated rings. The van der Waals surface area contributed by atoms with Crippen molar-refractivity contribution in [3.8, 4) is 0 Å². The Morgan fingerprint density at radius 2 is 1.94 bits per heavy atom. The summed E-state index contributed by atoms with van der Waals surface area (Å²) >= 11 is 6.28. The second-order valence-corrected chi connectivity index (χ2v) is 5.82. The van der Waals surface area contributed by atoms with E-state index >= 15 is 0 Å². The van der Waals surface area contributed by atoms with Crippen molar-refractivity contribution in [2.75, 3.05) is 0 Å². The van der Waals surface area contributed by atoms with E-state index in [1.54, 1.807) is 11.1 Å². The third-order valence-electron chi connectivity index (χ3n) is 3.60. The Morgan fingerprint density at radius 1 is 1.19 bits per heavy atom. The summed E-state index contributed by atoms with van der Waals surface area (Å²) in [4.78, 5) is 0. The summed E-state index contributed by atoms with van der Waals surface area (Å²) in [5, 5.41) is 0.313. The minimum absolute atomic E-state index is 0.313. The van der Waals surface area contributed by atoms with Crippen LogP contribution in [0.4, 0.5) is 0 Å². The SMILES string of the molecule is CC(C)C(Cl)CCc1ccc2c(c1)CCC2. The Balaban J connectivity index is 1.95. The van der Waals surface area contributed by atoms with Gasteiger partial charge in [0.05, 0.1) is 0 Å². The summed E-state index contributed by atoms with van der Waals surface area (Å²) in [5.74, 6) is 0.580. The first-order valence-electron chi connectivity index (χ1n) is 6.41. The summed E-state index contributed by atoms with van der Waals surface area (Å²) in [5.41, 5.74) is 4.61. The third-order valence-corrected chi connectivity index (χ3v) is 4.32. The van der Waals surface area contributed by atoms with E-state index in [-0.39, 0.29) is 0 Å². The standard InChI is InChI=1S/C15H21Cl/c1-11(2)15(16)9-7-12-6-8-13-4-3-5-14(13)10-12/h6,8,10-11,15H,3-5,7,9H2,1-2H3. The smallest absolute Gasteiger partial charge is 0.0362 e. The van der Waals surface area contributed by atoms with Crippen molar-refractivity contribution >= 4 is 11.6 Å². The second-order valence-electron chi connectivity index (χ2n) is 5.26. The molecule has 0 nitrogen and oxygen atoms in total. The normalized spacial score (nSPS) is 16.5. The lowest BCUT2D eigenvalue weighted by Crippen LogP contribution is -2.08. The Bertz CT molecular complexity index is 354. The highest BCUT2D eigenvalue weighted by atomic mass is 35.5. The van der Waals surface area contributed by atoms with Crippen LogP contribution in [-0.4, -0.2) is 5.38 Å². The van der Waals surface area contributed by atoms with Crippen LogP contribution in [0.15, 0.2) is 18.2 Å². The highest BCUT2D eigenvalue weighted by molar-refractivity contribution is 6.20. The van der Waals surface area contributed by atoms with Crippen LogP contribution in [0.2, 0.25) is 0 Å². The van der Waals surface area contributed by atoms with Gasteiger partial charge in [-0.15, -0.1) is 11.6 Å². The van der Waals surface area contributed by atoms with Gasteiger partial charge in [-0.3, -0.25) is 0 Å². The first-order valence-corrected chi connectivity index (χ1v) is 6.85. The van der Waals surface area contributed by atoms with Crippen LogP contribution in [0, 0.1) is 5.92 Å². The molecule has 0 bridgehead atoms. The molecular weight excluding hydrogens is 216 g/mol. The van der Waals surface area contributed by atoms with Crippen LogP contribution in [0.25, 0.3) is 0 Å². The summed E-state index contributed by atoms with van der Waals surface area (Å²) in [7, 11) is 0. The molecule has 1 aliphatic carbocycles. The molecule has 0 radical (unpaired) electrons. The Hall–Kier alpha value is -0.490. The molecule has 1 atom stereocenters. The highest BCUT2D eigenvalue weighted by Crippen LogP contribution is 2.24. The minimum Gasteiger partial charge on any atom is -0.123 e. The largest absolute Gasteiger partial charge is 0.123 e. The molecule has 1 aromatic rings. The van der Waals surface area contributed by atoms with Gasteiger partial charge in [-0.2, -0.15) is 0 Å². The maximum absolute atomic E-state index is 6.28. The number of aryl methyl sites for hydroxylation is 3. The molecule has 16 heavy (non-hydrogen) atoms. The molecule has 88 valence electrons. The number of rotatable bonds is 4. The van der Waals surface area contributed by atoms with Gasteiger partial charge < -0.3 is 0 Å². The van der Waals surface area contributed by atoms with E-state index in [0.29, 0.717) is 11.3 Å². The van der Waals surface area contributed by atoms with E-state index in [4.69, 9.17) is 11.6 Å². The van der Waals surface area contributed by atoms with Gasteiger partial charge in [0.15, 0.2) is 0 Å². The Labute approximate surface area is 104 Å². The van der Waals surface area contributed by atoms with Crippen molar-refractivity contribution < 1.29 is 0 Å². The van der Waals surface area contributed by atoms with Crippen molar-refractivity contribution in [1.29, 1.82) is 0 Å². The fourth-order valence-corrected chi connectivity index (χ4v) is 2.53. The number of benzene rings is 1. The summed E-state index contributed by atoms with van der Waals surface area (Å²) < 4.78 is 0. The lowest BCUT2D eigenvalue weighted by molar-refractivity contribution is 0.565. The van der Waals surface area contributed by atoms with Crippen LogP contribution in [0.5, 0.6) is 0 Å². The zero-order valence-corrected chi connectivity index (χ0v) is 11.1. The predicted molar refractivity (Wildman–Crippen MR) is 71.3 cm³/mol. The maximum atomic E-state index is 6.28. The molecule has 0 N–H and O–H groups in total. The van der Waals surface area contributed by atoms with Gasteiger partial charge in [0.1, 0.15) is 0 Å². The van der Waals surface area contributed by atoms with Gasteiger partial charge in [-0.25, -0.2) is 0 Å². The summed E-state index contributed by atoms with van der Waals surface area (Å²) in [6.07, 6.45) is 6.11. The topological polar surface area (TPSA) is 0 Å². The van der Waals surface area contributed by atoms with Crippen molar-refractivity contribution in [3.05, 3.63) is 34.9 Å². The quantitative estimate of drug-likeness (QED) is 0.681. The van der Waals surface area contributed by atoms with E-state index in [1.165, 1.54) is 24.8 Å². The lowest BCUT2D eigenvalue weighted by atomic mass is 9.99. The molecule has 1 aromatic carbocycles. The van der Waals surface area contributed by atoms with E-state index in [1.807, 2.05) is 0 Å².